The second-order valence-electron chi connectivity index (χ2n) is 4.44. The van der Waals surface area contributed by atoms with Crippen molar-refractivity contribution in [1.29, 1.82) is 0 Å². The Kier molecular flexibility index (Phi) is 2.74. The molecule has 3 rings (SSSR count). The van der Waals surface area contributed by atoms with Crippen molar-refractivity contribution in [1.82, 2.24) is 4.98 Å². The first-order chi connectivity index (χ1) is 9.10. The van der Waals surface area contributed by atoms with Crippen LogP contribution in [0.3, 0.4) is 0 Å². The predicted octanol–water partition coefficient (Wildman–Crippen LogP) is 2.98. The van der Waals surface area contributed by atoms with Gasteiger partial charge in [0.2, 0.25) is 5.91 Å². The minimum atomic E-state index is -0.365. The van der Waals surface area contributed by atoms with E-state index < -0.39 is 0 Å². The molecule has 0 saturated carbocycles. The van der Waals surface area contributed by atoms with Crippen LogP contribution in [0.25, 0.3) is 11.3 Å². The number of aromatic nitrogens is 1. The largest absolute Gasteiger partial charge is 0.375 e. The third-order valence-corrected chi connectivity index (χ3v) is 3.95. The van der Waals surface area contributed by atoms with E-state index in [4.69, 9.17) is 5.73 Å². The van der Waals surface area contributed by atoms with Crippen LogP contribution in [0, 0.1) is 5.82 Å². The van der Waals surface area contributed by atoms with Crippen molar-refractivity contribution in [3.8, 4) is 11.3 Å². The van der Waals surface area contributed by atoms with Gasteiger partial charge in [-0.1, -0.05) is 6.92 Å². The monoisotopic (exact) mass is 277 g/mol. The summed E-state index contributed by atoms with van der Waals surface area (Å²) in [6.07, 6.45) is 0.640. The Hall–Kier alpha value is -1.95. The average molecular weight is 277 g/mol. The van der Waals surface area contributed by atoms with E-state index in [-0.39, 0.29) is 17.6 Å². The van der Waals surface area contributed by atoms with Gasteiger partial charge in [-0.25, -0.2) is 9.37 Å². The zero-order valence-electron chi connectivity index (χ0n) is 10.2. The highest BCUT2D eigenvalue weighted by atomic mass is 32.1. The number of nitrogens with one attached hydrogen (secondary N) is 1. The highest BCUT2D eigenvalue weighted by Crippen LogP contribution is 2.42. The number of thiazole rings is 1. The zero-order chi connectivity index (χ0) is 13.6. The van der Waals surface area contributed by atoms with Crippen molar-refractivity contribution in [2.24, 2.45) is 0 Å². The molecule has 1 atom stereocenters. The van der Waals surface area contributed by atoms with Crippen LogP contribution in [0.15, 0.2) is 17.5 Å². The maximum absolute atomic E-state index is 13.8. The number of hydrogen-bond donors (Lipinski definition) is 2. The number of rotatable bonds is 2. The lowest BCUT2D eigenvalue weighted by Gasteiger charge is -2.08. The predicted molar refractivity (Wildman–Crippen MR) is 73.6 cm³/mol. The maximum atomic E-state index is 13.8. The van der Waals surface area contributed by atoms with Crippen LogP contribution < -0.4 is 11.1 Å². The minimum absolute atomic E-state index is 0.0902. The summed E-state index contributed by atoms with van der Waals surface area (Å²) in [6, 6.07) is 2.80. The van der Waals surface area contributed by atoms with Crippen molar-refractivity contribution in [2.45, 2.75) is 19.3 Å². The van der Waals surface area contributed by atoms with Crippen LogP contribution in [0.2, 0.25) is 0 Å². The number of fused-ring (bicyclic) bond motifs is 1. The van der Waals surface area contributed by atoms with E-state index in [1.165, 1.54) is 23.5 Å². The standard InChI is InChI=1S/C13H12FN3OS/c1-2-7-8-3-6(14)4-9(11(8)17-12(7)18)10-5-19-13(15)16-10/h3-5,7H,2H2,1H3,(H2,15,16)(H,17,18). The van der Waals surface area contributed by atoms with Gasteiger partial charge in [-0.05, 0) is 24.1 Å². The van der Waals surface area contributed by atoms with Crippen molar-refractivity contribution >= 4 is 28.1 Å². The lowest BCUT2D eigenvalue weighted by atomic mass is 9.95. The minimum Gasteiger partial charge on any atom is -0.375 e. The van der Waals surface area contributed by atoms with E-state index in [2.05, 4.69) is 10.3 Å². The Morgan fingerprint density at radius 1 is 1.53 bits per heavy atom. The van der Waals surface area contributed by atoms with Gasteiger partial charge in [0.05, 0.1) is 17.3 Å². The fourth-order valence-electron chi connectivity index (χ4n) is 2.41. The van der Waals surface area contributed by atoms with Crippen molar-refractivity contribution < 1.29 is 9.18 Å². The van der Waals surface area contributed by atoms with Crippen LogP contribution in [0.1, 0.15) is 24.8 Å². The number of amides is 1. The second-order valence-corrected chi connectivity index (χ2v) is 5.33. The van der Waals surface area contributed by atoms with Gasteiger partial charge in [-0.15, -0.1) is 11.3 Å². The summed E-state index contributed by atoms with van der Waals surface area (Å²) < 4.78 is 13.8. The van der Waals surface area contributed by atoms with Gasteiger partial charge >= 0.3 is 0 Å². The first-order valence-electron chi connectivity index (χ1n) is 5.95. The molecule has 1 aliphatic heterocycles. The number of nitrogen functional groups attached to an aromatic ring is 1. The Morgan fingerprint density at radius 3 is 2.95 bits per heavy atom. The molecule has 19 heavy (non-hydrogen) atoms. The molecule has 3 N–H and O–H groups in total. The molecule has 2 heterocycles. The molecule has 1 amide bonds. The molecule has 4 nitrogen and oxygen atoms in total. The molecule has 0 saturated heterocycles. The Bertz CT molecular complexity index is 668. The number of hydrogen-bond acceptors (Lipinski definition) is 4. The number of carbonyl (C=O) groups is 1. The molecule has 0 fully saturated rings. The summed E-state index contributed by atoms with van der Waals surface area (Å²) >= 11 is 1.29. The molecule has 6 heteroatoms. The summed E-state index contributed by atoms with van der Waals surface area (Å²) in [4.78, 5) is 16.0. The summed E-state index contributed by atoms with van der Waals surface area (Å²) in [7, 11) is 0. The number of anilines is 2. The normalized spacial score (nSPS) is 17.4. The fraction of sp³-hybridized carbons (Fsp3) is 0.231. The summed E-state index contributed by atoms with van der Waals surface area (Å²) in [5, 5.41) is 5.00. The van der Waals surface area contributed by atoms with Gasteiger partial charge in [0, 0.05) is 10.9 Å². The molecule has 0 bridgehead atoms. The van der Waals surface area contributed by atoms with Crippen LogP contribution >= 0.6 is 11.3 Å². The second kappa shape index (κ2) is 4.31. The third kappa shape index (κ3) is 1.88. The maximum Gasteiger partial charge on any atom is 0.232 e. The molecule has 1 unspecified atom stereocenters. The van der Waals surface area contributed by atoms with Crippen molar-refractivity contribution in [2.75, 3.05) is 11.1 Å². The lowest BCUT2D eigenvalue weighted by Crippen LogP contribution is -2.10. The Balaban J connectivity index is 2.20. The van der Waals surface area contributed by atoms with Crippen LogP contribution in [-0.2, 0) is 4.79 Å². The third-order valence-electron chi connectivity index (χ3n) is 3.28. The van der Waals surface area contributed by atoms with Gasteiger partial charge in [-0.3, -0.25) is 4.79 Å². The van der Waals surface area contributed by atoms with E-state index in [9.17, 15) is 9.18 Å². The smallest absolute Gasteiger partial charge is 0.232 e. The molecule has 1 aromatic carbocycles. The number of nitrogens with two attached hydrogens (primary N) is 1. The molecule has 0 spiro atoms. The van der Waals surface area contributed by atoms with E-state index in [0.29, 0.717) is 34.1 Å². The SMILES string of the molecule is CCC1C(=O)Nc2c(-c3csc(N)n3)cc(F)cc21. The highest BCUT2D eigenvalue weighted by Gasteiger charge is 2.32. The van der Waals surface area contributed by atoms with Crippen LogP contribution in [0.5, 0.6) is 0 Å². The van der Waals surface area contributed by atoms with Crippen molar-refractivity contribution in [3.63, 3.8) is 0 Å². The van der Waals surface area contributed by atoms with Crippen molar-refractivity contribution in [3.05, 3.63) is 28.9 Å². The van der Waals surface area contributed by atoms with E-state index in [1.807, 2.05) is 6.92 Å². The molecule has 0 aliphatic carbocycles. The molecule has 98 valence electrons. The lowest BCUT2D eigenvalue weighted by molar-refractivity contribution is -0.117. The molecule has 0 radical (unpaired) electrons. The molecule has 2 aromatic rings. The Morgan fingerprint density at radius 2 is 2.32 bits per heavy atom. The molecule has 1 aromatic heterocycles. The highest BCUT2D eigenvalue weighted by molar-refractivity contribution is 7.13. The van der Waals surface area contributed by atoms with Gasteiger partial charge in [0.1, 0.15) is 5.82 Å². The Labute approximate surface area is 113 Å². The zero-order valence-corrected chi connectivity index (χ0v) is 11.1. The summed E-state index contributed by atoms with van der Waals surface area (Å²) in [5.74, 6) is -0.747. The van der Waals surface area contributed by atoms with E-state index in [1.54, 1.807) is 5.38 Å². The molecular formula is C13H12FN3OS. The van der Waals surface area contributed by atoms with Crippen LogP contribution in [-0.4, -0.2) is 10.9 Å². The quantitative estimate of drug-likeness (QED) is 0.886. The average Bonchev–Trinajstić information content (AvgIpc) is 2.91. The first-order valence-corrected chi connectivity index (χ1v) is 6.83. The van der Waals surface area contributed by atoms with Gasteiger partial charge in [0.15, 0.2) is 5.13 Å². The summed E-state index contributed by atoms with van der Waals surface area (Å²) in [6.45, 7) is 1.91. The van der Waals surface area contributed by atoms with E-state index in [0.717, 1.165) is 0 Å². The first kappa shape index (κ1) is 12.1. The number of carbonyl (C=O) groups excluding carboxylic acids is 1. The van der Waals surface area contributed by atoms with Gasteiger partial charge in [-0.2, -0.15) is 0 Å². The molecule has 1 aliphatic rings. The van der Waals surface area contributed by atoms with E-state index >= 15 is 0 Å². The van der Waals surface area contributed by atoms with Gasteiger partial charge < -0.3 is 11.1 Å². The van der Waals surface area contributed by atoms with Gasteiger partial charge in [0.25, 0.3) is 0 Å². The fourth-order valence-corrected chi connectivity index (χ4v) is 2.98. The number of nitrogens with zero attached hydrogens (tertiary/aromatic N) is 1. The molecular weight excluding hydrogens is 265 g/mol. The van der Waals surface area contributed by atoms with Crippen LogP contribution in [0.4, 0.5) is 15.2 Å². The summed E-state index contributed by atoms with van der Waals surface area (Å²) in [5.41, 5.74) is 8.15. The number of halogens is 1. The number of benzene rings is 1. The topological polar surface area (TPSA) is 68.0 Å².